The summed E-state index contributed by atoms with van der Waals surface area (Å²) in [4.78, 5) is 15.5. The molecule has 0 aliphatic heterocycles. The second-order valence-electron chi connectivity index (χ2n) is 5.21. The van der Waals surface area contributed by atoms with E-state index in [4.69, 9.17) is 17.3 Å². The van der Waals surface area contributed by atoms with Crippen LogP contribution < -0.4 is 5.73 Å². The van der Waals surface area contributed by atoms with Crippen LogP contribution in [0.1, 0.15) is 23.3 Å². The van der Waals surface area contributed by atoms with E-state index >= 15 is 0 Å². The number of hydrogen-bond acceptors (Lipinski definition) is 3. The zero-order valence-corrected chi connectivity index (χ0v) is 15.5. The van der Waals surface area contributed by atoms with Crippen LogP contribution in [0.4, 0.5) is 0 Å². The zero-order chi connectivity index (χ0) is 15.9. The fourth-order valence-corrected chi connectivity index (χ4v) is 3.46. The Hall–Kier alpha value is -1.07. The van der Waals surface area contributed by atoms with Gasteiger partial charge < -0.3 is 10.6 Å². The Labute approximate surface area is 152 Å². The Kier molecular flexibility index (Phi) is 8.63. The molecule has 2 aromatic rings. The number of rotatable bonds is 7. The van der Waals surface area contributed by atoms with Gasteiger partial charge in [-0.3, -0.25) is 4.79 Å². The van der Waals surface area contributed by atoms with Gasteiger partial charge >= 0.3 is 0 Å². The number of carbonyl (C=O) groups is 1. The van der Waals surface area contributed by atoms with Crippen molar-refractivity contribution in [3.05, 3.63) is 57.2 Å². The lowest BCUT2D eigenvalue weighted by Crippen LogP contribution is -2.39. The van der Waals surface area contributed by atoms with Crippen LogP contribution in [0.2, 0.25) is 4.34 Å². The largest absolute Gasteiger partial charge is 0.341 e. The van der Waals surface area contributed by atoms with Gasteiger partial charge in [-0.1, -0.05) is 41.9 Å². The average Bonchev–Trinajstić information content (AvgIpc) is 2.97. The minimum atomic E-state index is -0.181. The van der Waals surface area contributed by atoms with Crippen molar-refractivity contribution in [3.8, 4) is 0 Å². The van der Waals surface area contributed by atoms with Gasteiger partial charge in [0.2, 0.25) is 5.91 Å². The maximum Gasteiger partial charge on any atom is 0.230 e. The van der Waals surface area contributed by atoms with E-state index < -0.39 is 0 Å². The molecule has 0 aliphatic carbocycles. The first-order chi connectivity index (χ1) is 10.6. The van der Waals surface area contributed by atoms with Crippen LogP contribution in [-0.4, -0.2) is 30.4 Å². The molecule has 1 aromatic heterocycles. The third-order valence-corrected chi connectivity index (χ3v) is 5.03. The molecule has 1 unspecified atom stereocenters. The summed E-state index contributed by atoms with van der Waals surface area (Å²) in [5.41, 5.74) is 6.89. The van der Waals surface area contributed by atoms with Crippen molar-refractivity contribution >= 4 is 41.3 Å². The molecule has 0 spiro atoms. The zero-order valence-electron chi connectivity index (χ0n) is 13.1. The Morgan fingerprint density at radius 3 is 2.48 bits per heavy atom. The van der Waals surface area contributed by atoms with Crippen LogP contribution in [-0.2, 0) is 11.2 Å². The smallest absolute Gasteiger partial charge is 0.230 e. The lowest BCUT2D eigenvalue weighted by molar-refractivity contribution is -0.132. The Morgan fingerprint density at radius 1 is 1.22 bits per heavy atom. The normalized spacial score (nSPS) is 11.6. The lowest BCUT2D eigenvalue weighted by Gasteiger charge is -2.25. The molecule has 2 N–H and O–H groups in total. The van der Waals surface area contributed by atoms with E-state index in [-0.39, 0.29) is 24.2 Å². The summed E-state index contributed by atoms with van der Waals surface area (Å²) in [7, 11) is 0. The molecule has 2 rings (SSSR count). The number of nitrogens with zero attached hydrogens (tertiary/aromatic N) is 1. The van der Waals surface area contributed by atoms with Gasteiger partial charge in [0, 0.05) is 24.5 Å². The molecule has 1 heterocycles. The van der Waals surface area contributed by atoms with E-state index in [0.717, 1.165) is 11.3 Å². The third-order valence-electron chi connectivity index (χ3n) is 3.62. The molecule has 23 heavy (non-hydrogen) atoms. The van der Waals surface area contributed by atoms with Gasteiger partial charge in [0.15, 0.2) is 0 Å². The predicted octanol–water partition coefficient (Wildman–Crippen LogP) is 3.96. The van der Waals surface area contributed by atoms with Gasteiger partial charge in [-0.2, -0.15) is 0 Å². The molecule has 126 valence electrons. The minimum Gasteiger partial charge on any atom is -0.341 e. The van der Waals surface area contributed by atoms with E-state index in [2.05, 4.69) is 12.1 Å². The number of thiophene rings is 1. The van der Waals surface area contributed by atoms with Crippen LogP contribution in [0.25, 0.3) is 0 Å². The first-order valence-corrected chi connectivity index (χ1v) is 8.59. The molecule has 0 bridgehead atoms. The van der Waals surface area contributed by atoms with E-state index in [1.165, 1.54) is 16.9 Å². The van der Waals surface area contributed by atoms with Gasteiger partial charge in [0.1, 0.15) is 0 Å². The van der Waals surface area contributed by atoms with Crippen molar-refractivity contribution in [2.75, 3.05) is 19.6 Å². The van der Waals surface area contributed by atoms with E-state index in [1.54, 1.807) is 0 Å². The minimum absolute atomic E-state index is 0. The van der Waals surface area contributed by atoms with Crippen LogP contribution >= 0.6 is 35.3 Å². The number of halogens is 2. The van der Waals surface area contributed by atoms with Crippen LogP contribution in [0, 0.1) is 0 Å². The fourth-order valence-electron chi connectivity index (χ4n) is 2.35. The fraction of sp³-hybridized carbons (Fsp3) is 0.353. The standard InChI is InChI=1S/C17H21ClN2OS.ClH/c1-13(15-7-8-16(18)22-15)17(21)20(12-10-19)11-9-14-5-3-2-4-6-14;/h2-8,13H,9-12,19H2,1H3;1H. The molecule has 0 fully saturated rings. The molecule has 0 saturated heterocycles. The summed E-state index contributed by atoms with van der Waals surface area (Å²) >= 11 is 7.43. The van der Waals surface area contributed by atoms with Gasteiger partial charge in [-0.15, -0.1) is 23.7 Å². The topological polar surface area (TPSA) is 46.3 Å². The first-order valence-electron chi connectivity index (χ1n) is 7.40. The second kappa shape index (κ2) is 9.93. The van der Waals surface area contributed by atoms with Crippen molar-refractivity contribution < 1.29 is 4.79 Å². The van der Waals surface area contributed by atoms with Gasteiger partial charge in [0.05, 0.1) is 10.3 Å². The van der Waals surface area contributed by atoms with Crippen molar-refractivity contribution in [2.24, 2.45) is 5.73 Å². The predicted molar refractivity (Wildman–Crippen MR) is 101 cm³/mol. The van der Waals surface area contributed by atoms with Crippen LogP contribution in [0.3, 0.4) is 0 Å². The summed E-state index contributed by atoms with van der Waals surface area (Å²) in [5, 5.41) is 0. The Balaban J connectivity index is 0.00000264. The maximum absolute atomic E-state index is 12.7. The Bertz CT molecular complexity index is 604. The number of nitrogens with two attached hydrogens (primary N) is 1. The monoisotopic (exact) mass is 372 g/mol. The molecular formula is C17H22Cl2N2OS. The number of carbonyl (C=O) groups excluding carboxylic acids is 1. The summed E-state index contributed by atoms with van der Waals surface area (Å²) in [6.45, 7) is 3.66. The van der Waals surface area contributed by atoms with Crippen LogP contribution in [0.15, 0.2) is 42.5 Å². The van der Waals surface area contributed by atoms with Crippen molar-refractivity contribution in [1.82, 2.24) is 4.90 Å². The van der Waals surface area contributed by atoms with E-state index in [0.29, 0.717) is 24.0 Å². The molecular weight excluding hydrogens is 351 g/mol. The first kappa shape index (κ1) is 20.0. The van der Waals surface area contributed by atoms with Crippen molar-refractivity contribution in [1.29, 1.82) is 0 Å². The van der Waals surface area contributed by atoms with Crippen molar-refractivity contribution in [3.63, 3.8) is 0 Å². The summed E-state index contributed by atoms with van der Waals surface area (Å²) in [5.74, 6) is -0.0697. The maximum atomic E-state index is 12.7. The third kappa shape index (κ3) is 5.81. The molecule has 1 atom stereocenters. The van der Waals surface area contributed by atoms with E-state index in [9.17, 15) is 4.79 Å². The molecule has 1 amide bonds. The number of benzene rings is 1. The lowest BCUT2D eigenvalue weighted by atomic mass is 10.1. The molecule has 0 radical (unpaired) electrons. The highest BCUT2D eigenvalue weighted by Crippen LogP contribution is 2.29. The van der Waals surface area contributed by atoms with Gasteiger partial charge in [-0.25, -0.2) is 0 Å². The summed E-state index contributed by atoms with van der Waals surface area (Å²) in [6.07, 6.45) is 0.838. The molecule has 0 aliphatic rings. The average molecular weight is 373 g/mol. The highest BCUT2D eigenvalue weighted by atomic mass is 35.5. The van der Waals surface area contributed by atoms with E-state index in [1.807, 2.05) is 42.2 Å². The quantitative estimate of drug-likeness (QED) is 0.799. The molecule has 6 heteroatoms. The van der Waals surface area contributed by atoms with Crippen LogP contribution in [0.5, 0.6) is 0 Å². The SMILES string of the molecule is CC(C(=O)N(CCN)CCc1ccccc1)c1ccc(Cl)s1.Cl. The van der Waals surface area contributed by atoms with Crippen molar-refractivity contribution in [2.45, 2.75) is 19.3 Å². The second-order valence-corrected chi connectivity index (χ2v) is 6.96. The highest BCUT2D eigenvalue weighted by molar-refractivity contribution is 7.16. The summed E-state index contributed by atoms with van der Waals surface area (Å²) in [6, 6.07) is 13.9. The molecule has 3 nitrogen and oxygen atoms in total. The number of hydrogen-bond donors (Lipinski definition) is 1. The highest BCUT2D eigenvalue weighted by Gasteiger charge is 2.22. The van der Waals surface area contributed by atoms with Gasteiger partial charge in [-0.05, 0) is 31.0 Å². The summed E-state index contributed by atoms with van der Waals surface area (Å²) < 4.78 is 0.712. The Morgan fingerprint density at radius 2 is 1.91 bits per heavy atom. The van der Waals surface area contributed by atoms with Gasteiger partial charge in [0.25, 0.3) is 0 Å². The molecule has 1 aromatic carbocycles. The molecule has 0 saturated carbocycles. The number of amides is 1.